The van der Waals surface area contributed by atoms with Gasteiger partial charge in [-0.1, -0.05) is 241 Å². The highest BCUT2D eigenvalue weighted by Gasteiger charge is 2.55. The lowest BCUT2D eigenvalue weighted by Gasteiger charge is -2.37. The zero-order valence-electron chi connectivity index (χ0n) is 63.5. The molecule has 0 bridgehead atoms. The molecule has 4 aliphatic heterocycles. The van der Waals surface area contributed by atoms with Crippen LogP contribution in [0.1, 0.15) is 128 Å². The Balaban J connectivity index is 0.777. The van der Waals surface area contributed by atoms with Gasteiger partial charge in [0.1, 0.15) is 23.0 Å². The molecular formula is C101H78B2N4O2. The summed E-state index contributed by atoms with van der Waals surface area (Å²) in [5, 5.41) is 10.0. The molecule has 0 radical (unpaired) electrons. The van der Waals surface area contributed by atoms with E-state index in [0.29, 0.717) is 0 Å². The topological polar surface area (TPSA) is 38.2 Å². The summed E-state index contributed by atoms with van der Waals surface area (Å²) in [7, 11) is 0. The van der Waals surface area contributed by atoms with Crippen LogP contribution < -0.4 is 42.3 Å². The van der Waals surface area contributed by atoms with Gasteiger partial charge in [-0.2, -0.15) is 0 Å². The number of benzene rings is 14. The summed E-state index contributed by atoms with van der Waals surface area (Å²) in [5.41, 5.74) is 35.4. The van der Waals surface area contributed by atoms with Gasteiger partial charge in [0.2, 0.25) is 0 Å². The molecule has 1 spiro atoms. The average molecular weight is 1400 g/mol. The molecule has 0 saturated heterocycles. The van der Waals surface area contributed by atoms with Crippen LogP contribution in [0.5, 0.6) is 23.0 Å². The van der Waals surface area contributed by atoms with E-state index < -0.39 is 5.41 Å². The van der Waals surface area contributed by atoms with Crippen LogP contribution in [-0.2, 0) is 27.1 Å². The summed E-state index contributed by atoms with van der Waals surface area (Å²) < 4.78 is 26.2. The summed E-state index contributed by atoms with van der Waals surface area (Å²) in [4.78, 5) is 0. The molecule has 0 amide bonds. The highest BCUT2D eigenvalue weighted by atomic mass is 16.5. The van der Waals surface area contributed by atoms with Crippen LogP contribution in [0.3, 0.4) is 0 Å². The Bertz CT molecular complexity index is 6760. The molecule has 8 heterocycles. The summed E-state index contributed by atoms with van der Waals surface area (Å²) in [6.45, 7) is 28.0. The minimum absolute atomic E-state index is 0.0580. The lowest BCUT2D eigenvalue weighted by Crippen LogP contribution is -2.58. The van der Waals surface area contributed by atoms with Crippen molar-refractivity contribution in [2.75, 3.05) is 0 Å². The zero-order chi connectivity index (χ0) is 73.3. The summed E-state index contributed by atoms with van der Waals surface area (Å²) in [6, 6.07) is 98.8. The first-order valence-electron chi connectivity index (χ1n) is 39.1. The van der Waals surface area contributed by atoms with Crippen molar-refractivity contribution in [3.05, 3.63) is 299 Å². The molecule has 0 saturated carbocycles. The van der Waals surface area contributed by atoms with E-state index in [0.717, 1.165) is 67.8 Å². The van der Waals surface area contributed by atoms with Crippen molar-refractivity contribution in [3.8, 4) is 68.0 Å². The van der Waals surface area contributed by atoms with E-state index in [1.165, 1.54) is 165 Å². The average Bonchev–Trinajstić information content (AvgIpc) is 1.52. The number of ether oxygens (including phenoxy) is 2. The van der Waals surface area contributed by atoms with E-state index in [9.17, 15) is 0 Å². The maximum absolute atomic E-state index is 8.00. The zero-order valence-corrected chi connectivity index (χ0v) is 63.5. The summed E-state index contributed by atoms with van der Waals surface area (Å²) >= 11 is 0. The first-order valence-corrected chi connectivity index (χ1v) is 39.1. The maximum Gasteiger partial charge on any atom is 0.256 e. The second-order valence-electron chi connectivity index (χ2n) is 36.3. The number of rotatable bonds is 2. The highest BCUT2D eigenvalue weighted by molar-refractivity contribution is 7.00. The molecule has 0 unspecified atom stereocenters. The van der Waals surface area contributed by atoms with Gasteiger partial charge in [-0.05, 0) is 206 Å². The van der Waals surface area contributed by atoms with Gasteiger partial charge in [0.15, 0.2) is 0 Å². The first kappa shape index (κ1) is 62.1. The predicted octanol–water partition coefficient (Wildman–Crippen LogP) is 21.5. The van der Waals surface area contributed by atoms with Crippen molar-refractivity contribution < 1.29 is 9.47 Å². The number of nitrogens with zero attached hydrogens (tertiary/aromatic N) is 4. The first-order chi connectivity index (χ1) is 52.6. The van der Waals surface area contributed by atoms with Crippen molar-refractivity contribution in [1.82, 2.24) is 18.3 Å². The minimum Gasteiger partial charge on any atom is -0.458 e. The molecule has 6 nitrogen and oxygen atoms in total. The fourth-order valence-electron chi connectivity index (χ4n) is 21.1. The van der Waals surface area contributed by atoms with E-state index >= 15 is 0 Å². The van der Waals surface area contributed by atoms with Crippen molar-refractivity contribution >= 4 is 133 Å². The molecule has 6 aliphatic rings. The smallest absolute Gasteiger partial charge is 0.256 e. The minimum atomic E-state index is -0.770. The lowest BCUT2D eigenvalue weighted by atomic mass is 9.34. The molecule has 0 fully saturated rings. The largest absolute Gasteiger partial charge is 0.458 e. The molecule has 14 aromatic carbocycles. The van der Waals surface area contributed by atoms with Crippen LogP contribution >= 0.6 is 0 Å². The third-order valence-corrected chi connectivity index (χ3v) is 26.2. The molecule has 24 rings (SSSR count). The Labute approximate surface area is 634 Å². The van der Waals surface area contributed by atoms with Gasteiger partial charge in [0, 0.05) is 77.6 Å². The third kappa shape index (κ3) is 7.89. The molecule has 0 N–H and O–H groups in total. The van der Waals surface area contributed by atoms with Gasteiger partial charge >= 0.3 is 0 Å². The fraction of sp³-hybridized carbons (Fsp3) is 0.168. The van der Waals surface area contributed by atoms with Gasteiger partial charge in [-0.15, -0.1) is 0 Å². The Morgan fingerprint density at radius 3 is 0.972 bits per heavy atom. The van der Waals surface area contributed by atoms with Gasteiger partial charge < -0.3 is 27.7 Å². The molecule has 0 atom stereocenters. The standard InChI is InChI=1S/C101H78B2N4O2/c1-97(2,3)55-37-39-85-69(41-55)71-43-57(99(7,8)9)45-79-95(71)106(85)87-47-59(104-81-33-21-15-27-63(81)64-28-16-22-34-82(64)104)49-91-93(87)102(79)77-51-67-61-25-13-19-31-73(61)101(75(67)53-89(77)108-91)74-32-20-14-26-62(74)68-52-78-90(54-76(68)101)109-92-50-60(105-83-35-23-17-29-65(83)66-30-18-24-36-84(66)105)48-88-94(92)103(78)80-46-58(100(10,11)12)44-72-70-42-56(98(4,5)6)38-40-86(70)107(88)96(72)80/h13-54H,1-12H3. The fourth-order valence-corrected chi connectivity index (χ4v) is 21.1. The van der Waals surface area contributed by atoms with Crippen LogP contribution in [0.4, 0.5) is 0 Å². The second kappa shape index (κ2) is 20.4. The van der Waals surface area contributed by atoms with Crippen LogP contribution in [0.25, 0.3) is 132 Å². The third-order valence-electron chi connectivity index (χ3n) is 26.2. The molecule has 18 aromatic rings. The highest BCUT2D eigenvalue weighted by Crippen LogP contribution is 2.64. The second-order valence-corrected chi connectivity index (χ2v) is 36.3. The van der Waals surface area contributed by atoms with Crippen molar-refractivity contribution in [2.24, 2.45) is 0 Å². The normalized spacial score (nSPS) is 14.6. The number of fused-ring (bicyclic) bond motifs is 30. The molecule has 4 aromatic heterocycles. The van der Waals surface area contributed by atoms with E-state index in [1.54, 1.807) is 0 Å². The van der Waals surface area contributed by atoms with Crippen LogP contribution in [0.15, 0.2) is 255 Å². The molecule has 520 valence electrons. The quantitative estimate of drug-likeness (QED) is 0.162. The summed E-state index contributed by atoms with van der Waals surface area (Å²) in [5.74, 6) is 3.53. The van der Waals surface area contributed by atoms with Gasteiger partial charge in [-0.25, -0.2) is 0 Å². The van der Waals surface area contributed by atoms with Gasteiger partial charge in [0.25, 0.3) is 13.4 Å². The Hall–Kier alpha value is -12.0. The lowest BCUT2D eigenvalue weighted by molar-refractivity contribution is 0.484. The molecule has 109 heavy (non-hydrogen) atoms. The number of hydrogen-bond donors (Lipinski definition) is 0. The summed E-state index contributed by atoms with van der Waals surface area (Å²) in [6.07, 6.45) is 0. The van der Waals surface area contributed by atoms with E-state index in [2.05, 4.69) is 356 Å². The van der Waals surface area contributed by atoms with E-state index in [-0.39, 0.29) is 35.1 Å². The SMILES string of the molecule is CC(C)(C)c1ccc2c(c1)c1cc(C(C)(C)C)cc3c1n2-c1cc(-n2c4ccccc4c4ccccc42)cc2c1B3c1cc3c(cc1O2)C1(c2ccccc2-3)c2ccccc2-c2cc3c(cc21)Oc1cc(-n2c4ccccc4c4ccccc42)cc2c1B3c1cc(C(C)(C)C)cc3c4cc(C(C)(C)C)ccc4n-2c13. The Morgan fingerprint density at radius 1 is 0.257 bits per heavy atom. The Kier molecular flexibility index (Phi) is 11.6. The van der Waals surface area contributed by atoms with Crippen LogP contribution in [0.2, 0.25) is 0 Å². The number of hydrogen-bond acceptors (Lipinski definition) is 2. The monoisotopic (exact) mass is 1400 g/mol. The number of aromatic nitrogens is 4. The molecule has 8 heteroatoms. The van der Waals surface area contributed by atoms with Gasteiger partial charge in [-0.3, -0.25) is 0 Å². The molecular weight excluding hydrogens is 1320 g/mol. The number of para-hydroxylation sites is 4. The maximum atomic E-state index is 8.00. The van der Waals surface area contributed by atoms with Gasteiger partial charge in [0.05, 0.1) is 49.9 Å². The van der Waals surface area contributed by atoms with E-state index in [4.69, 9.17) is 9.47 Å². The van der Waals surface area contributed by atoms with Crippen LogP contribution in [-0.4, -0.2) is 31.7 Å². The predicted molar refractivity (Wildman–Crippen MR) is 457 cm³/mol. The van der Waals surface area contributed by atoms with Crippen molar-refractivity contribution in [2.45, 2.75) is 110 Å². The van der Waals surface area contributed by atoms with Crippen LogP contribution in [0, 0.1) is 0 Å². The van der Waals surface area contributed by atoms with Crippen molar-refractivity contribution in [1.29, 1.82) is 0 Å². The van der Waals surface area contributed by atoms with Crippen molar-refractivity contribution in [3.63, 3.8) is 0 Å². The van der Waals surface area contributed by atoms with E-state index in [1.807, 2.05) is 0 Å². The molecule has 2 aliphatic carbocycles. The Morgan fingerprint density at radius 2 is 0.596 bits per heavy atom.